The summed E-state index contributed by atoms with van der Waals surface area (Å²) in [6, 6.07) is 18.4. The number of hydrogen-bond donors (Lipinski definition) is 0. The summed E-state index contributed by atoms with van der Waals surface area (Å²) in [4.78, 5) is 2.35. The molecule has 0 N–H and O–H groups in total. The van der Waals surface area contributed by atoms with Crippen molar-refractivity contribution < 1.29 is 14.2 Å². The van der Waals surface area contributed by atoms with Crippen molar-refractivity contribution in [2.75, 3.05) is 27.4 Å². The Morgan fingerprint density at radius 2 is 1.81 bits per heavy atom. The van der Waals surface area contributed by atoms with E-state index in [0.29, 0.717) is 0 Å². The van der Waals surface area contributed by atoms with Gasteiger partial charge >= 0.3 is 0 Å². The van der Waals surface area contributed by atoms with Gasteiger partial charge < -0.3 is 18.8 Å². The van der Waals surface area contributed by atoms with Gasteiger partial charge in [-0.25, -0.2) is 0 Å². The van der Waals surface area contributed by atoms with E-state index in [0.717, 1.165) is 42.4 Å². The maximum absolute atomic E-state index is 6.03. The highest BCUT2D eigenvalue weighted by molar-refractivity contribution is 5.40. The lowest BCUT2D eigenvalue weighted by atomic mass is 10.2. The fourth-order valence-corrected chi connectivity index (χ4v) is 3.43. The molecule has 0 bridgehead atoms. The van der Waals surface area contributed by atoms with E-state index in [1.165, 1.54) is 5.56 Å². The second-order valence-electron chi connectivity index (χ2n) is 6.60. The highest BCUT2D eigenvalue weighted by Gasteiger charge is 2.27. The highest BCUT2D eigenvalue weighted by atomic mass is 16.5. The van der Waals surface area contributed by atoms with Gasteiger partial charge in [-0.15, -0.1) is 0 Å². The fourth-order valence-electron chi connectivity index (χ4n) is 3.43. The van der Waals surface area contributed by atoms with Gasteiger partial charge in [0.05, 0.1) is 20.8 Å². The second kappa shape index (κ2) is 7.86. The van der Waals surface area contributed by atoms with Crippen LogP contribution in [0.5, 0.6) is 11.5 Å². The molecule has 0 aliphatic carbocycles. The average Bonchev–Trinajstić information content (AvgIpc) is 3.38. The van der Waals surface area contributed by atoms with Crippen molar-refractivity contribution in [3.63, 3.8) is 0 Å². The lowest BCUT2D eigenvalue weighted by Gasteiger charge is -2.22. The number of benzene rings is 2. The Hall–Kier alpha value is -2.76. The normalized spacial score (nSPS) is 17.2. The predicted molar refractivity (Wildman–Crippen MR) is 104 cm³/mol. The first-order valence-electron chi connectivity index (χ1n) is 9.08. The second-order valence-corrected chi connectivity index (χ2v) is 6.60. The summed E-state index contributed by atoms with van der Waals surface area (Å²) in [5.74, 6) is 1.73. The standard InChI is InChI=1S/C22H24N2O3/c1-25-20-8-6-17(7-9-20)15-24-12-13-27-22(24)18-10-11-23(16-18)19-4-3-5-21(14-19)26-2/h3-11,14,16,22H,12-13,15H2,1-2H3/t22-/m0/s1. The molecule has 0 unspecified atom stereocenters. The van der Waals surface area contributed by atoms with Crippen molar-refractivity contribution in [3.8, 4) is 17.2 Å². The third-order valence-electron chi connectivity index (χ3n) is 4.88. The van der Waals surface area contributed by atoms with Crippen LogP contribution in [0.3, 0.4) is 0 Å². The first-order valence-corrected chi connectivity index (χ1v) is 9.08. The minimum atomic E-state index is -0.0287. The van der Waals surface area contributed by atoms with E-state index in [-0.39, 0.29) is 6.23 Å². The van der Waals surface area contributed by atoms with Gasteiger partial charge in [0.25, 0.3) is 0 Å². The van der Waals surface area contributed by atoms with Crippen LogP contribution in [0.4, 0.5) is 0 Å². The monoisotopic (exact) mass is 364 g/mol. The highest BCUT2D eigenvalue weighted by Crippen LogP contribution is 2.30. The molecule has 0 spiro atoms. The van der Waals surface area contributed by atoms with Gasteiger partial charge in [-0.1, -0.05) is 18.2 Å². The van der Waals surface area contributed by atoms with Crippen LogP contribution >= 0.6 is 0 Å². The van der Waals surface area contributed by atoms with Gasteiger partial charge in [-0.05, 0) is 35.9 Å². The first-order chi connectivity index (χ1) is 13.3. The van der Waals surface area contributed by atoms with Crippen molar-refractivity contribution >= 4 is 0 Å². The molecule has 5 heteroatoms. The van der Waals surface area contributed by atoms with Crippen LogP contribution in [0.25, 0.3) is 5.69 Å². The third-order valence-corrected chi connectivity index (χ3v) is 4.88. The summed E-state index contributed by atoms with van der Waals surface area (Å²) >= 11 is 0. The lowest BCUT2D eigenvalue weighted by Crippen LogP contribution is -2.23. The van der Waals surface area contributed by atoms with E-state index in [1.54, 1.807) is 14.2 Å². The smallest absolute Gasteiger partial charge is 0.138 e. The molecular formula is C22H24N2O3. The molecule has 1 aliphatic heterocycles. The topological polar surface area (TPSA) is 35.9 Å². The van der Waals surface area contributed by atoms with Gasteiger partial charge in [-0.2, -0.15) is 0 Å². The summed E-state index contributed by atoms with van der Waals surface area (Å²) in [6.07, 6.45) is 4.17. The summed E-state index contributed by atoms with van der Waals surface area (Å²) < 4.78 is 18.7. The number of aromatic nitrogens is 1. The molecule has 0 amide bonds. The van der Waals surface area contributed by atoms with Crippen molar-refractivity contribution in [1.82, 2.24) is 9.47 Å². The van der Waals surface area contributed by atoms with Gasteiger partial charge in [0.1, 0.15) is 17.7 Å². The van der Waals surface area contributed by atoms with Crippen LogP contribution in [0, 0.1) is 0 Å². The zero-order chi connectivity index (χ0) is 18.6. The Bertz CT molecular complexity index is 889. The van der Waals surface area contributed by atoms with Gasteiger partial charge in [0, 0.05) is 42.8 Å². The molecule has 1 aromatic heterocycles. The van der Waals surface area contributed by atoms with Crippen molar-refractivity contribution in [1.29, 1.82) is 0 Å². The van der Waals surface area contributed by atoms with Crippen molar-refractivity contribution in [2.24, 2.45) is 0 Å². The zero-order valence-corrected chi connectivity index (χ0v) is 15.7. The zero-order valence-electron chi connectivity index (χ0n) is 15.7. The molecule has 2 heterocycles. The van der Waals surface area contributed by atoms with Gasteiger partial charge in [0.15, 0.2) is 0 Å². The van der Waals surface area contributed by atoms with Crippen molar-refractivity contribution in [3.05, 3.63) is 78.1 Å². The number of hydrogen-bond acceptors (Lipinski definition) is 4. The Kier molecular flexibility index (Phi) is 5.14. The number of ether oxygens (including phenoxy) is 3. The largest absolute Gasteiger partial charge is 0.497 e. The van der Waals surface area contributed by atoms with E-state index in [9.17, 15) is 0 Å². The molecule has 4 rings (SSSR count). The summed E-state index contributed by atoms with van der Waals surface area (Å²) in [6.45, 7) is 2.51. The maximum atomic E-state index is 6.03. The SMILES string of the molecule is COc1ccc(CN2CCO[C@H]2c2ccn(-c3cccc(OC)c3)c2)cc1. The minimum absolute atomic E-state index is 0.0287. The van der Waals surface area contributed by atoms with Crippen LogP contribution < -0.4 is 9.47 Å². The van der Waals surface area contributed by atoms with Crippen molar-refractivity contribution in [2.45, 2.75) is 12.8 Å². The van der Waals surface area contributed by atoms with E-state index >= 15 is 0 Å². The molecular weight excluding hydrogens is 340 g/mol. The molecule has 0 saturated carbocycles. The lowest BCUT2D eigenvalue weighted by molar-refractivity contribution is 0.0288. The quantitative estimate of drug-likeness (QED) is 0.662. The molecule has 5 nitrogen and oxygen atoms in total. The van der Waals surface area contributed by atoms with Crippen LogP contribution in [-0.2, 0) is 11.3 Å². The molecule has 2 aromatic carbocycles. The molecule has 27 heavy (non-hydrogen) atoms. The van der Waals surface area contributed by atoms with Crippen LogP contribution in [-0.4, -0.2) is 36.8 Å². The number of rotatable bonds is 6. The van der Waals surface area contributed by atoms with E-state index in [2.05, 4.69) is 46.1 Å². The Labute approximate surface area is 159 Å². The first kappa shape index (κ1) is 17.6. The van der Waals surface area contributed by atoms with Gasteiger partial charge in [0.2, 0.25) is 0 Å². The number of nitrogens with zero attached hydrogens (tertiary/aromatic N) is 2. The third kappa shape index (κ3) is 3.84. The molecule has 140 valence electrons. The van der Waals surface area contributed by atoms with Crippen LogP contribution in [0.1, 0.15) is 17.4 Å². The average molecular weight is 364 g/mol. The number of methoxy groups -OCH3 is 2. The van der Waals surface area contributed by atoms with Crippen LogP contribution in [0.2, 0.25) is 0 Å². The minimum Gasteiger partial charge on any atom is -0.497 e. The van der Waals surface area contributed by atoms with Gasteiger partial charge in [-0.3, -0.25) is 4.90 Å². The van der Waals surface area contributed by atoms with E-state index in [4.69, 9.17) is 14.2 Å². The maximum Gasteiger partial charge on any atom is 0.138 e. The van der Waals surface area contributed by atoms with E-state index < -0.39 is 0 Å². The fraction of sp³-hybridized carbons (Fsp3) is 0.273. The molecule has 1 aliphatic rings. The Morgan fingerprint density at radius 3 is 2.59 bits per heavy atom. The predicted octanol–water partition coefficient (Wildman–Crippen LogP) is 4.03. The summed E-state index contributed by atoms with van der Waals surface area (Å²) in [5, 5.41) is 0. The Morgan fingerprint density at radius 1 is 1.00 bits per heavy atom. The molecule has 1 atom stereocenters. The molecule has 3 aromatic rings. The summed E-state index contributed by atoms with van der Waals surface area (Å²) in [5.41, 5.74) is 3.47. The Balaban J connectivity index is 1.51. The summed E-state index contributed by atoms with van der Waals surface area (Å²) in [7, 11) is 3.37. The molecule has 1 fully saturated rings. The molecule has 1 saturated heterocycles. The molecule has 0 radical (unpaired) electrons. The van der Waals surface area contributed by atoms with Crippen LogP contribution in [0.15, 0.2) is 67.0 Å². The van der Waals surface area contributed by atoms with E-state index in [1.807, 2.05) is 30.3 Å².